The van der Waals surface area contributed by atoms with Gasteiger partial charge in [-0.2, -0.15) is 5.10 Å². The molecular weight excluding hydrogens is 494 g/mol. The van der Waals surface area contributed by atoms with E-state index < -0.39 is 0 Å². The molecule has 0 aliphatic heterocycles. The third kappa shape index (κ3) is 6.33. The summed E-state index contributed by atoms with van der Waals surface area (Å²) in [6.07, 6.45) is 1.63. The highest BCUT2D eigenvalue weighted by Crippen LogP contribution is 2.29. The first-order chi connectivity index (χ1) is 17.4. The van der Waals surface area contributed by atoms with E-state index in [1.807, 2.05) is 53.1 Å². The Balaban J connectivity index is 1.47. The molecule has 9 heteroatoms. The predicted molar refractivity (Wildman–Crippen MR) is 145 cm³/mol. The van der Waals surface area contributed by atoms with Gasteiger partial charge in [-0.05, 0) is 65.6 Å². The molecule has 1 N–H and O–H groups in total. The molecule has 1 aromatic heterocycles. The molecule has 0 saturated carbocycles. The molecule has 1 heterocycles. The lowest BCUT2D eigenvalue weighted by atomic mass is 10.0. The van der Waals surface area contributed by atoms with E-state index in [4.69, 9.17) is 16.3 Å². The second-order valence-electron chi connectivity index (χ2n) is 8.25. The summed E-state index contributed by atoms with van der Waals surface area (Å²) in [5.41, 5.74) is 6.45. The van der Waals surface area contributed by atoms with Gasteiger partial charge in [0.15, 0.2) is 11.0 Å². The maximum atomic E-state index is 12.5. The molecule has 0 fully saturated rings. The second kappa shape index (κ2) is 11.9. The smallest absolute Gasteiger partial charge is 0.250 e. The van der Waals surface area contributed by atoms with Crippen LogP contribution in [0.15, 0.2) is 83.1 Å². The van der Waals surface area contributed by atoms with Crippen molar-refractivity contribution in [1.82, 2.24) is 20.2 Å². The number of nitrogens with zero attached hydrogens (tertiary/aromatic N) is 4. The van der Waals surface area contributed by atoms with Gasteiger partial charge in [-0.3, -0.25) is 9.36 Å². The van der Waals surface area contributed by atoms with E-state index >= 15 is 0 Å². The number of amides is 1. The van der Waals surface area contributed by atoms with Crippen LogP contribution in [0.1, 0.15) is 30.9 Å². The first-order valence-electron chi connectivity index (χ1n) is 11.3. The van der Waals surface area contributed by atoms with Crippen molar-refractivity contribution in [2.75, 3.05) is 12.9 Å². The van der Waals surface area contributed by atoms with Gasteiger partial charge in [0.05, 0.1) is 19.1 Å². The molecule has 0 saturated heterocycles. The SMILES string of the molecule is COc1ccc(-c2nnc(SCC(=O)N/N=C\c3ccc(C(C)C)cc3)n2-c2ccc(Cl)cc2)cc1. The van der Waals surface area contributed by atoms with Gasteiger partial charge < -0.3 is 4.74 Å². The van der Waals surface area contributed by atoms with Gasteiger partial charge in [0.25, 0.3) is 5.91 Å². The molecule has 4 aromatic rings. The summed E-state index contributed by atoms with van der Waals surface area (Å²) in [7, 11) is 1.62. The molecule has 0 unspecified atom stereocenters. The Labute approximate surface area is 219 Å². The Kier molecular flexibility index (Phi) is 8.40. The topological polar surface area (TPSA) is 81.4 Å². The van der Waals surface area contributed by atoms with Crippen LogP contribution < -0.4 is 10.2 Å². The first-order valence-corrected chi connectivity index (χ1v) is 12.7. The van der Waals surface area contributed by atoms with Crippen LogP contribution in [-0.2, 0) is 4.79 Å². The molecule has 0 radical (unpaired) electrons. The fourth-order valence-corrected chi connectivity index (χ4v) is 4.29. The number of halogens is 1. The number of thioether (sulfide) groups is 1. The van der Waals surface area contributed by atoms with Gasteiger partial charge >= 0.3 is 0 Å². The highest BCUT2D eigenvalue weighted by molar-refractivity contribution is 7.99. The maximum Gasteiger partial charge on any atom is 0.250 e. The Hall–Kier alpha value is -3.62. The average Bonchev–Trinajstić information content (AvgIpc) is 3.32. The molecule has 3 aromatic carbocycles. The van der Waals surface area contributed by atoms with Crippen LogP contribution in [0.3, 0.4) is 0 Å². The summed E-state index contributed by atoms with van der Waals surface area (Å²) in [5, 5.41) is 14.0. The van der Waals surface area contributed by atoms with E-state index in [0.717, 1.165) is 22.6 Å². The van der Waals surface area contributed by atoms with Crippen molar-refractivity contribution in [3.8, 4) is 22.8 Å². The Morgan fingerprint density at radius 3 is 2.39 bits per heavy atom. The summed E-state index contributed by atoms with van der Waals surface area (Å²) in [6.45, 7) is 4.30. The zero-order chi connectivity index (χ0) is 25.5. The van der Waals surface area contributed by atoms with Crippen molar-refractivity contribution in [3.05, 3.63) is 88.9 Å². The number of nitrogens with one attached hydrogen (secondary N) is 1. The number of hydrazone groups is 1. The van der Waals surface area contributed by atoms with Crippen LogP contribution in [0.25, 0.3) is 17.1 Å². The summed E-state index contributed by atoms with van der Waals surface area (Å²) in [6, 6.07) is 23.0. The number of rotatable bonds is 9. The third-order valence-corrected chi connectivity index (χ3v) is 6.59. The normalized spacial score (nSPS) is 11.2. The number of benzene rings is 3. The van der Waals surface area contributed by atoms with E-state index in [2.05, 4.69) is 46.7 Å². The van der Waals surface area contributed by atoms with Gasteiger partial charge in [-0.15, -0.1) is 10.2 Å². The van der Waals surface area contributed by atoms with Gasteiger partial charge in [-0.1, -0.05) is 61.5 Å². The Bertz CT molecular complexity index is 1330. The monoisotopic (exact) mass is 519 g/mol. The zero-order valence-electron chi connectivity index (χ0n) is 20.2. The quantitative estimate of drug-likeness (QED) is 0.167. The fourth-order valence-electron chi connectivity index (χ4n) is 3.42. The highest BCUT2D eigenvalue weighted by atomic mass is 35.5. The minimum absolute atomic E-state index is 0.123. The average molecular weight is 520 g/mol. The van der Waals surface area contributed by atoms with Crippen molar-refractivity contribution >= 4 is 35.5 Å². The molecule has 1 amide bonds. The molecule has 184 valence electrons. The van der Waals surface area contributed by atoms with Crippen molar-refractivity contribution in [2.24, 2.45) is 5.10 Å². The van der Waals surface area contributed by atoms with Crippen LogP contribution in [0.2, 0.25) is 5.02 Å². The number of carbonyl (C=O) groups excluding carboxylic acids is 1. The highest BCUT2D eigenvalue weighted by Gasteiger charge is 2.17. The third-order valence-electron chi connectivity index (χ3n) is 5.40. The van der Waals surface area contributed by atoms with Gasteiger partial charge in [0.1, 0.15) is 5.75 Å². The molecule has 0 aliphatic carbocycles. The molecule has 0 spiro atoms. The van der Waals surface area contributed by atoms with E-state index in [1.165, 1.54) is 17.3 Å². The fraction of sp³-hybridized carbons (Fsp3) is 0.185. The van der Waals surface area contributed by atoms with E-state index in [-0.39, 0.29) is 11.7 Å². The van der Waals surface area contributed by atoms with Crippen molar-refractivity contribution < 1.29 is 9.53 Å². The van der Waals surface area contributed by atoms with Crippen LogP contribution >= 0.6 is 23.4 Å². The van der Waals surface area contributed by atoms with E-state index in [1.54, 1.807) is 25.5 Å². The standard InChI is InChI=1S/C27H26ClN5O2S/c1-18(2)20-6-4-19(5-7-20)16-29-30-25(34)17-36-27-32-31-26(21-8-14-24(35-3)15-9-21)33(27)23-12-10-22(28)11-13-23/h4-16,18H,17H2,1-3H3,(H,30,34)/b29-16-. The number of hydrogen-bond donors (Lipinski definition) is 1. The largest absolute Gasteiger partial charge is 0.497 e. The molecule has 36 heavy (non-hydrogen) atoms. The number of hydrogen-bond acceptors (Lipinski definition) is 6. The first kappa shape index (κ1) is 25.5. The van der Waals surface area contributed by atoms with Gasteiger partial charge in [0.2, 0.25) is 0 Å². The van der Waals surface area contributed by atoms with E-state index in [9.17, 15) is 4.79 Å². The number of aromatic nitrogens is 3. The molecule has 4 rings (SSSR count). The minimum atomic E-state index is -0.244. The van der Waals surface area contributed by atoms with Gasteiger partial charge in [0, 0.05) is 16.3 Å². The molecule has 0 aliphatic rings. The lowest BCUT2D eigenvalue weighted by molar-refractivity contribution is -0.118. The predicted octanol–water partition coefficient (Wildman–Crippen LogP) is 5.96. The lowest BCUT2D eigenvalue weighted by Crippen LogP contribution is -2.20. The zero-order valence-corrected chi connectivity index (χ0v) is 21.8. The summed E-state index contributed by atoms with van der Waals surface area (Å²) < 4.78 is 7.16. The number of ether oxygens (including phenoxy) is 1. The van der Waals surface area contributed by atoms with Crippen LogP contribution in [0.4, 0.5) is 0 Å². The number of methoxy groups -OCH3 is 1. The molecule has 0 atom stereocenters. The number of carbonyl (C=O) groups is 1. The Morgan fingerprint density at radius 1 is 1.06 bits per heavy atom. The van der Waals surface area contributed by atoms with Gasteiger partial charge in [-0.25, -0.2) is 5.43 Å². The minimum Gasteiger partial charge on any atom is -0.497 e. The Morgan fingerprint density at radius 2 is 1.75 bits per heavy atom. The molecular formula is C27H26ClN5O2S. The molecule has 0 bridgehead atoms. The summed E-state index contributed by atoms with van der Waals surface area (Å²) in [4.78, 5) is 12.5. The van der Waals surface area contributed by atoms with Crippen LogP contribution in [0, 0.1) is 0 Å². The second-order valence-corrected chi connectivity index (χ2v) is 9.63. The maximum absolute atomic E-state index is 12.5. The summed E-state index contributed by atoms with van der Waals surface area (Å²) in [5.74, 6) is 1.74. The van der Waals surface area contributed by atoms with Crippen LogP contribution in [-0.4, -0.2) is 39.7 Å². The van der Waals surface area contributed by atoms with Crippen molar-refractivity contribution in [3.63, 3.8) is 0 Å². The van der Waals surface area contributed by atoms with Crippen molar-refractivity contribution in [2.45, 2.75) is 24.9 Å². The molecule has 7 nitrogen and oxygen atoms in total. The van der Waals surface area contributed by atoms with Crippen LogP contribution in [0.5, 0.6) is 5.75 Å². The summed E-state index contributed by atoms with van der Waals surface area (Å²) >= 11 is 7.37. The van der Waals surface area contributed by atoms with E-state index in [0.29, 0.717) is 21.9 Å². The lowest BCUT2D eigenvalue weighted by Gasteiger charge is -2.11. The van der Waals surface area contributed by atoms with Crippen molar-refractivity contribution in [1.29, 1.82) is 0 Å².